The first-order valence-corrected chi connectivity index (χ1v) is 8.28. The first kappa shape index (κ1) is 19.8. The molecule has 0 radical (unpaired) electrons. The van der Waals surface area contributed by atoms with Gasteiger partial charge in [0.25, 0.3) is 5.88 Å². The summed E-state index contributed by atoms with van der Waals surface area (Å²) in [4.78, 5) is 7.69. The van der Waals surface area contributed by atoms with Gasteiger partial charge >= 0.3 is 39.7 Å². The van der Waals surface area contributed by atoms with Crippen molar-refractivity contribution in [2.45, 2.75) is 11.9 Å². The fourth-order valence-electron chi connectivity index (χ4n) is 0.849. The molecule has 0 spiro atoms. The van der Waals surface area contributed by atoms with Crippen LogP contribution in [0.1, 0.15) is 5.69 Å². The fraction of sp³-hybridized carbons (Fsp3) is 0.429. The second-order valence-corrected chi connectivity index (χ2v) is 6.31. The summed E-state index contributed by atoms with van der Waals surface area (Å²) in [6, 6.07) is 0. The number of alkyl halides is 1. The van der Waals surface area contributed by atoms with Crippen LogP contribution in [0.25, 0.3) is 0 Å². The molecule has 1 aromatic heterocycles. The summed E-state index contributed by atoms with van der Waals surface area (Å²) in [5, 5.41) is 13.0. The topological polar surface area (TPSA) is 111 Å². The van der Waals surface area contributed by atoms with Crippen molar-refractivity contribution >= 4 is 44.8 Å². The molecule has 0 aromatic carbocycles. The molecule has 0 N–H and O–H groups in total. The number of aryl methyl sites for hydroxylation is 1. The molecule has 0 saturated carbocycles. The van der Waals surface area contributed by atoms with Crippen LogP contribution in [-0.2, 0) is 19.5 Å². The minimum Gasteiger partial charge on any atom is -0.691 e. The summed E-state index contributed by atoms with van der Waals surface area (Å²) in [6.07, 6.45) is 1.17. The van der Waals surface area contributed by atoms with E-state index in [9.17, 15) is 13.7 Å². The Morgan fingerprint density at radius 3 is 2.79 bits per heavy atom. The van der Waals surface area contributed by atoms with Crippen molar-refractivity contribution in [3.63, 3.8) is 0 Å². The smallest absolute Gasteiger partial charge is 0.691 e. The van der Waals surface area contributed by atoms with Crippen LogP contribution in [0.15, 0.2) is 11.2 Å². The standard InChI is InChI=1S/C7H9IN2O6S2.Na/c1-5-7(17-16-15-11)10-6(4-9-5)14-18(12,13)3-2-8;/h4,11H,2-3H2,1H3;/q;+1/p-1. The number of halogens is 1. The predicted molar refractivity (Wildman–Crippen MR) is 68.1 cm³/mol. The van der Waals surface area contributed by atoms with E-state index in [1.54, 1.807) is 6.92 Å². The molecule has 8 nitrogen and oxygen atoms in total. The van der Waals surface area contributed by atoms with Crippen molar-refractivity contribution < 1.29 is 56.8 Å². The number of hydrogen-bond acceptors (Lipinski definition) is 9. The third-order valence-corrected chi connectivity index (χ3v) is 4.64. The third kappa shape index (κ3) is 7.38. The molecule has 0 saturated heterocycles. The molecule has 0 atom stereocenters. The molecule has 0 unspecified atom stereocenters. The van der Waals surface area contributed by atoms with Crippen molar-refractivity contribution in [3.05, 3.63) is 11.9 Å². The summed E-state index contributed by atoms with van der Waals surface area (Å²) in [5.74, 6) is -0.325. The average Bonchev–Trinajstić information content (AvgIpc) is 2.29. The van der Waals surface area contributed by atoms with Crippen LogP contribution in [0, 0.1) is 6.92 Å². The molecule has 0 aliphatic carbocycles. The molecule has 102 valence electrons. The Kier molecular flexibility index (Phi) is 10.1. The van der Waals surface area contributed by atoms with Gasteiger partial charge in [0.05, 0.1) is 29.7 Å². The number of aromatic nitrogens is 2. The fourth-order valence-corrected chi connectivity index (χ4v) is 3.47. The van der Waals surface area contributed by atoms with E-state index in [4.69, 9.17) is 4.18 Å². The van der Waals surface area contributed by atoms with Gasteiger partial charge in [-0.2, -0.15) is 12.8 Å². The molecule has 1 heterocycles. The van der Waals surface area contributed by atoms with Gasteiger partial charge in [-0.1, -0.05) is 22.6 Å². The first-order valence-electron chi connectivity index (χ1n) is 4.43. The summed E-state index contributed by atoms with van der Waals surface area (Å²) in [5.41, 5.74) is 0.440. The number of rotatable bonds is 7. The molecule has 0 bridgehead atoms. The Morgan fingerprint density at radius 1 is 1.53 bits per heavy atom. The van der Waals surface area contributed by atoms with Gasteiger partial charge in [-0.15, -0.1) is 0 Å². The molecule has 0 aliphatic rings. The van der Waals surface area contributed by atoms with E-state index >= 15 is 0 Å². The molecular formula is C7H8IN2NaO6S2. The molecule has 0 amide bonds. The molecule has 1 rings (SSSR count). The zero-order valence-corrected chi connectivity index (χ0v) is 15.8. The molecule has 0 aliphatic heterocycles. The predicted octanol–water partition coefficient (Wildman–Crippen LogP) is -2.84. The van der Waals surface area contributed by atoms with E-state index in [-0.39, 0.29) is 46.2 Å². The monoisotopic (exact) mass is 430 g/mol. The van der Waals surface area contributed by atoms with Gasteiger partial charge in [0.15, 0.2) is 5.03 Å². The Morgan fingerprint density at radius 2 is 2.21 bits per heavy atom. The Bertz CT molecular complexity index is 502. The Balaban J connectivity index is 0.00000324. The van der Waals surface area contributed by atoms with Crippen molar-refractivity contribution in [2.24, 2.45) is 0 Å². The number of hydrogen-bond donors (Lipinski definition) is 0. The molecule has 19 heavy (non-hydrogen) atoms. The Hall–Kier alpha value is 0.790. The number of nitrogens with zero attached hydrogens (tertiary/aromatic N) is 2. The maximum Gasteiger partial charge on any atom is 1.00 e. The van der Waals surface area contributed by atoms with E-state index in [0.717, 1.165) is 0 Å². The third-order valence-electron chi connectivity index (χ3n) is 1.57. The summed E-state index contributed by atoms with van der Waals surface area (Å²) >= 11 is 2.43. The van der Waals surface area contributed by atoms with Gasteiger partial charge in [-0.3, -0.25) is 10.0 Å². The van der Waals surface area contributed by atoms with Crippen LogP contribution in [0.5, 0.6) is 5.88 Å². The van der Waals surface area contributed by atoms with Gasteiger partial charge in [0.2, 0.25) is 0 Å². The maximum absolute atomic E-state index is 11.4. The maximum atomic E-state index is 11.4. The van der Waals surface area contributed by atoms with Gasteiger partial charge in [-0.05, 0) is 6.92 Å². The van der Waals surface area contributed by atoms with Crippen LogP contribution in [0.3, 0.4) is 0 Å². The van der Waals surface area contributed by atoms with E-state index in [1.165, 1.54) is 6.20 Å². The zero-order valence-electron chi connectivity index (χ0n) is 10.0. The van der Waals surface area contributed by atoms with Crippen LogP contribution in [-0.4, -0.2) is 28.6 Å². The summed E-state index contributed by atoms with van der Waals surface area (Å²) in [6.45, 7) is 1.60. The zero-order chi connectivity index (χ0) is 13.6. The molecule has 0 fully saturated rings. The first-order chi connectivity index (χ1) is 8.48. The van der Waals surface area contributed by atoms with Gasteiger partial charge in [0.1, 0.15) is 0 Å². The van der Waals surface area contributed by atoms with Crippen molar-refractivity contribution in [1.29, 1.82) is 0 Å². The average molecular weight is 430 g/mol. The van der Waals surface area contributed by atoms with Crippen LogP contribution in [0.2, 0.25) is 0 Å². The molecule has 1 aromatic rings. The largest absolute Gasteiger partial charge is 1.00 e. The van der Waals surface area contributed by atoms with E-state index in [0.29, 0.717) is 22.2 Å². The van der Waals surface area contributed by atoms with Crippen LogP contribution < -0.4 is 39.0 Å². The van der Waals surface area contributed by atoms with Crippen molar-refractivity contribution in [1.82, 2.24) is 9.97 Å². The minimum absolute atomic E-state index is 0. The summed E-state index contributed by atoms with van der Waals surface area (Å²) in [7, 11) is -3.69. The van der Waals surface area contributed by atoms with E-state index in [2.05, 4.69) is 19.3 Å². The van der Waals surface area contributed by atoms with Crippen molar-refractivity contribution in [3.8, 4) is 5.88 Å². The SMILES string of the molecule is Cc1ncc(OS(=O)(=O)CCI)nc1SOO[O-].[Na+]. The summed E-state index contributed by atoms with van der Waals surface area (Å²) < 4.78 is 32.0. The second-order valence-electron chi connectivity index (χ2n) is 2.85. The van der Waals surface area contributed by atoms with Gasteiger partial charge in [-0.25, -0.2) is 4.98 Å². The van der Waals surface area contributed by atoms with E-state index in [1.807, 2.05) is 22.6 Å². The van der Waals surface area contributed by atoms with Crippen LogP contribution >= 0.6 is 34.6 Å². The second kappa shape index (κ2) is 9.68. The molecule has 12 heteroatoms. The van der Waals surface area contributed by atoms with Gasteiger partial charge < -0.3 is 9.44 Å². The Labute approximate surface area is 150 Å². The quantitative estimate of drug-likeness (QED) is 0.0860. The molecular weight excluding hydrogens is 422 g/mol. The van der Waals surface area contributed by atoms with Crippen molar-refractivity contribution in [2.75, 3.05) is 10.2 Å². The normalized spacial score (nSPS) is 10.9. The van der Waals surface area contributed by atoms with Crippen LogP contribution in [0.4, 0.5) is 0 Å². The minimum atomic E-state index is -3.69. The van der Waals surface area contributed by atoms with Gasteiger partial charge in [0, 0.05) is 4.43 Å². The van der Waals surface area contributed by atoms with E-state index < -0.39 is 10.1 Å².